The van der Waals surface area contributed by atoms with Crippen molar-refractivity contribution in [2.75, 3.05) is 25.2 Å². The van der Waals surface area contributed by atoms with Gasteiger partial charge < -0.3 is 10.1 Å². The van der Waals surface area contributed by atoms with Crippen molar-refractivity contribution in [3.8, 4) is 0 Å². The van der Waals surface area contributed by atoms with Crippen LogP contribution in [0.2, 0.25) is 0 Å². The number of hydrogen-bond acceptors (Lipinski definition) is 5. The van der Waals surface area contributed by atoms with E-state index in [2.05, 4.69) is 15.6 Å². The normalized spacial score (nSPS) is 11.9. The molecule has 0 aliphatic carbocycles. The van der Waals surface area contributed by atoms with Crippen LogP contribution >= 0.6 is 0 Å². The van der Waals surface area contributed by atoms with Gasteiger partial charge in [-0.3, -0.25) is 14.5 Å². The molecule has 0 fully saturated rings. The predicted octanol–water partition coefficient (Wildman–Crippen LogP) is 3.59. The number of methoxy groups -OCH3 is 1. The molecule has 1 heterocycles. The number of carbonyl (C=O) groups is 2. The number of benzene rings is 3. The van der Waals surface area contributed by atoms with E-state index in [-0.39, 0.29) is 18.4 Å². The first-order valence-corrected chi connectivity index (χ1v) is 11.5. The van der Waals surface area contributed by atoms with Crippen molar-refractivity contribution in [2.24, 2.45) is 0 Å². The second-order valence-electron chi connectivity index (χ2n) is 8.38. The van der Waals surface area contributed by atoms with Gasteiger partial charge in [0.05, 0.1) is 12.1 Å². The first-order chi connectivity index (χ1) is 17.0. The van der Waals surface area contributed by atoms with E-state index in [0.29, 0.717) is 24.4 Å². The molecule has 180 valence electrons. The molecule has 0 unspecified atom stereocenters. The molecule has 0 bridgehead atoms. The van der Waals surface area contributed by atoms with Crippen molar-refractivity contribution in [3.05, 3.63) is 89.5 Å². The molecule has 4 rings (SSSR count). The number of rotatable bonds is 9. The number of nitrogens with zero attached hydrogens (tertiary/aromatic N) is 4. The highest BCUT2D eigenvalue weighted by atomic mass is 16.5. The minimum atomic E-state index is -0.877. The van der Waals surface area contributed by atoms with Gasteiger partial charge in [-0.25, -0.2) is 4.68 Å². The summed E-state index contributed by atoms with van der Waals surface area (Å²) < 4.78 is 6.67. The molecular formula is C27H29N5O3. The summed E-state index contributed by atoms with van der Waals surface area (Å²) in [5, 5.41) is 11.3. The minimum absolute atomic E-state index is 0.0673. The van der Waals surface area contributed by atoms with E-state index in [9.17, 15) is 9.59 Å². The third-order valence-electron chi connectivity index (χ3n) is 5.88. The molecule has 0 spiro atoms. The van der Waals surface area contributed by atoms with Gasteiger partial charge >= 0.3 is 0 Å². The zero-order chi connectivity index (χ0) is 24.8. The maximum absolute atomic E-state index is 13.9. The molecule has 0 aliphatic rings. The van der Waals surface area contributed by atoms with Crippen LogP contribution in [0, 0.1) is 13.8 Å². The van der Waals surface area contributed by atoms with Crippen LogP contribution in [0.25, 0.3) is 11.0 Å². The number of nitrogens with one attached hydrogen (secondary N) is 1. The number of para-hydroxylation sites is 1. The van der Waals surface area contributed by atoms with Crippen LogP contribution in [-0.2, 0) is 20.9 Å². The molecule has 3 aromatic carbocycles. The highest BCUT2D eigenvalue weighted by molar-refractivity contribution is 6.01. The number of fused-ring (bicyclic) bond motifs is 1. The molecular weight excluding hydrogens is 442 g/mol. The Balaban J connectivity index is 1.78. The molecule has 2 amide bonds. The highest BCUT2D eigenvalue weighted by Gasteiger charge is 2.34. The fourth-order valence-corrected chi connectivity index (χ4v) is 4.04. The molecule has 0 saturated carbocycles. The van der Waals surface area contributed by atoms with E-state index < -0.39 is 6.04 Å². The number of ether oxygens (including phenoxy) is 1. The molecule has 1 aromatic heterocycles. The lowest BCUT2D eigenvalue weighted by Crippen LogP contribution is -2.46. The molecule has 0 saturated heterocycles. The topological polar surface area (TPSA) is 89.4 Å². The van der Waals surface area contributed by atoms with E-state index in [4.69, 9.17) is 4.74 Å². The molecule has 1 N–H and O–H groups in total. The number of anilines is 1. The Hall–Kier alpha value is -4.04. The van der Waals surface area contributed by atoms with Gasteiger partial charge in [0.15, 0.2) is 0 Å². The van der Waals surface area contributed by atoms with Gasteiger partial charge in [0.1, 0.15) is 18.1 Å². The van der Waals surface area contributed by atoms with Crippen molar-refractivity contribution in [3.63, 3.8) is 0 Å². The van der Waals surface area contributed by atoms with Crippen molar-refractivity contribution in [1.82, 2.24) is 20.3 Å². The Morgan fingerprint density at radius 1 is 1.00 bits per heavy atom. The number of amides is 2. The zero-order valence-electron chi connectivity index (χ0n) is 20.1. The number of carbonyl (C=O) groups excluding carboxylic acids is 2. The Morgan fingerprint density at radius 2 is 1.71 bits per heavy atom. The van der Waals surface area contributed by atoms with Gasteiger partial charge in [0, 0.05) is 19.3 Å². The van der Waals surface area contributed by atoms with Crippen LogP contribution < -0.4 is 10.2 Å². The summed E-state index contributed by atoms with van der Waals surface area (Å²) in [6.45, 7) is 4.56. The largest absolute Gasteiger partial charge is 0.383 e. The monoisotopic (exact) mass is 471 g/mol. The highest BCUT2D eigenvalue weighted by Crippen LogP contribution is 2.30. The lowest BCUT2D eigenvalue weighted by atomic mass is 9.98. The van der Waals surface area contributed by atoms with Crippen LogP contribution in [-0.4, -0.2) is 47.1 Å². The first-order valence-electron chi connectivity index (χ1n) is 11.5. The smallest absolute Gasteiger partial charge is 0.249 e. The van der Waals surface area contributed by atoms with E-state index >= 15 is 0 Å². The Morgan fingerprint density at radius 3 is 2.46 bits per heavy atom. The minimum Gasteiger partial charge on any atom is -0.383 e. The van der Waals surface area contributed by atoms with Crippen molar-refractivity contribution in [2.45, 2.75) is 26.4 Å². The van der Waals surface area contributed by atoms with Gasteiger partial charge in [-0.2, -0.15) is 0 Å². The lowest BCUT2D eigenvalue weighted by molar-refractivity contribution is -0.127. The third kappa shape index (κ3) is 5.38. The molecule has 4 aromatic rings. The number of aryl methyl sites for hydroxylation is 2. The summed E-state index contributed by atoms with van der Waals surface area (Å²) in [6.07, 6.45) is 0. The Labute approximate surface area is 204 Å². The summed E-state index contributed by atoms with van der Waals surface area (Å²) >= 11 is 0. The average molecular weight is 472 g/mol. The van der Waals surface area contributed by atoms with Crippen molar-refractivity contribution in [1.29, 1.82) is 0 Å². The fraction of sp³-hybridized carbons (Fsp3) is 0.259. The summed E-state index contributed by atoms with van der Waals surface area (Å²) in [5.41, 5.74) is 4.80. The summed E-state index contributed by atoms with van der Waals surface area (Å²) in [6, 6.07) is 21.8. The van der Waals surface area contributed by atoms with E-state index in [0.717, 1.165) is 22.2 Å². The second-order valence-corrected chi connectivity index (χ2v) is 8.38. The van der Waals surface area contributed by atoms with Crippen LogP contribution in [0.5, 0.6) is 0 Å². The molecule has 0 aliphatic heterocycles. The third-order valence-corrected chi connectivity index (χ3v) is 5.88. The summed E-state index contributed by atoms with van der Waals surface area (Å²) in [7, 11) is 1.58. The standard InChI is InChI=1S/C27H29N5O3/c1-19-12-14-21(15-13-19)32(25(33)18-31-24-11-7-6-10-23(24)29-30-31)26(27(34)28-16-17-35-3)22-9-5-4-8-20(22)2/h4-15,26H,16-18H2,1-3H3,(H,28,34)/t26-/m0/s1. The zero-order valence-corrected chi connectivity index (χ0v) is 20.1. The molecule has 0 radical (unpaired) electrons. The molecule has 8 nitrogen and oxygen atoms in total. The second kappa shape index (κ2) is 10.9. The molecule has 8 heteroatoms. The van der Waals surface area contributed by atoms with Gasteiger partial charge in [-0.15, -0.1) is 5.10 Å². The van der Waals surface area contributed by atoms with Crippen LogP contribution in [0.15, 0.2) is 72.8 Å². The number of aromatic nitrogens is 3. The Kier molecular flexibility index (Phi) is 7.52. The van der Waals surface area contributed by atoms with Gasteiger partial charge in [0.25, 0.3) is 0 Å². The maximum atomic E-state index is 13.9. The lowest BCUT2D eigenvalue weighted by Gasteiger charge is -2.32. The van der Waals surface area contributed by atoms with Crippen molar-refractivity contribution >= 4 is 28.5 Å². The molecule has 35 heavy (non-hydrogen) atoms. The Bertz CT molecular complexity index is 1320. The van der Waals surface area contributed by atoms with Crippen LogP contribution in [0.3, 0.4) is 0 Å². The molecule has 1 atom stereocenters. The predicted molar refractivity (Wildman–Crippen MR) is 135 cm³/mol. The fourth-order valence-electron chi connectivity index (χ4n) is 4.04. The first kappa shape index (κ1) is 24.1. The van der Waals surface area contributed by atoms with E-state index in [1.807, 2.05) is 86.6 Å². The van der Waals surface area contributed by atoms with Gasteiger partial charge in [-0.05, 0) is 49.2 Å². The van der Waals surface area contributed by atoms with Gasteiger partial charge in [0.2, 0.25) is 11.8 Å². The maximum Gasteiger partial charge on any atom is 0.249 e. The van der Waals surface area contributed by atoms with Crippen LogP contribution in [0.1, 0.15) is 22.7 Å². The SMILES string of the molecule is COCCNC(=O)[C@H](c1ccccc1C)N(C(=O)Cn1nnc2ccccc21)c1ccc(C)cc1. The van der Waals surface area contributed by atoms with Gasteiger partial charge in [-0.1, -0.05) is 59.3 Å². The average Bonchev–Trinajstić information content (AvgIpc) is 3.26. The van der Waals surface area contributed by atoms with E-state index in [1.54, 1.807) is 16.7 Å². The summed E-state index contributed by atoms with van der Waals surface area (Å²) in [4.78, 5) is 29.1. The summed E-state index contributed by atoms with van der Waals surface area (Å²) in [5.74, 6) is -0.562. The van der Waals surface area contributed by atoms with E-state index in [1.165, 1.54) is 0 Å². The quantitative estimate of drug-likeness (QED) is 0.377. The van der Waals surface area contributed by atoms with Crippen LogP contribution in [0.4, 0.5) is 5.69 Å². The van der Waals surface area contributed by atoms with Crippen molar-refractivity contribution < 1.29 is 14.3 Å². The number of hydrogen-bond donors (Lipinski definition) is 1.